The smallest absolute Gasteiger partial charge is 0.318 e. The molecule has 0 spiro atoms. The van der Waals surface area contributed by atoms with E-state index in [1.165, 1.54) is 0 Å². The number of nitrogens with zero attached hydrogens (tertiary/aromatic N) is 2. The SMILES string of the molecule is COc1cccc(NC(=O)[C@@H](NC(=O)N2CCN(c3ccccc3)CC2)C(C)C)c1. The number of anilines is 2. The fourth-order valence-corrected chi connectivity index (χ4v) is 3.49. The molecule has 1 fully saturated rings. The molecule has 1 aliphatic heterocycles. The number of para-hydroxylation sites is 1. The van der Waals surface area contributed by atoms with Gasteiger partial charge in [0, 0.05) is 43.6 Å². The van der Waals surface area contributed by atoms with Crippen molar-refractivity contribution < 1.29 is 14.3 Å². The number of ether oxygens (including phenoxy) is 1. The summed E-state index contributed by atoms with van der Waals surface area (Å²) in [5.41, 5.74) is 1.80. The molecule has 30 heavy (non-hydrogen) atoms. The van der Waals surface area contributed by atoms with E-state index in [0.717, 1.165) is 18.8 Å². The Morgan fingerprint density at radius 1 is 0.967 bits per heavy atom. The first kappa shape index (κ1) is 21.5. The molecule has 1 atom stereocenters. The molecule has 0 radical (unpaired) electrons. The van der Waals surface area contributed by atoms with Crippen molar-refractivity contribution in [3.63, 3.8) is 0 Å². The summed E-state index contributed by atoms with van der Waals surface area (Å²) in [5.74, 6) is 0.369. The third-order valence-corrected chi connectivity index (χ3v) is 5.25. The highest BCUT2D eigenvalue weighted by atomic mass is 16.5. The van der Waals surface area contributed by atoms with Gasteiger partial charge >= 0.3 is 6.03 Å². The van der Waals surface area contributed by atoms with Crippen molar-refractivity contribution in [3.05, 3.63) is 54.6 Å². The lowest BCUT2D eigenvalue weighted by atomic mass is 10.0. The van der Waals surface area contributed by atoms with E-state index in [4.69, 9.17) is 4.74 Å². The molecule has 3 amide bonds. The minimum absolute atomic E-state index is 0.0508. The van der Waals surface area contributed by atoms with Crippen molar-refractivity contribution in [2.24, 2.45) is 5.92 Å². The number of nitrogens with one attached hydrogen (secondary N) is 2. The van der Waals surface area contributed by atoms with Crippen LogP contribution in [0.2, 0.25) is 0 Å². The average molecular weight is 411 g/mol. The quantitative estimate of drug-likeness (QED) is 0.767. The average Bonchev–Trinajstić information content (AvgIpc) is 2.77. The second kappa shape index (κ2) is 10.0. The van der Waals surface area contributed by atoms with E-state index in [9.17, 15) is 9.59 Å². The van der Waals surface area contributed by atoms with E-state index < -0.39 is 6.04 Å². The van der Waals surface area contributed by atoms with Crippen LogP contribution in [0.5, 0.6) is 5.75 Å². The van der Waals surface area contributed by atoms with Gasteiger partial charge in [-0.3, -0.25) is 4.79 Å². The zero-order valence-corrected chi connectivity index (χ0v) is 17.8. The molecule has 1 aliphatic rings. The van der Waals surface area contributed by atoms with Crippen LogP contribution in [0.25, 0.3) is 0 Å². The van der Waals surface area contributed by atoms with Crippen LogP contribution < -0.4 is 20.3 Å². The second-order valence-corrected chi connectivity index (χ2v) is 7.70. The van der Waals surface area contributed by atoms with Crippen LogP contribution in [0, 0.1) is 5.92 Å². The van der Waals surface area contributed by atoms with Crippen molar-refractivity contribution in [2.45, 2.75) is 19.9 Å². The van der Waals surface area contributed by atoms with Crippen LogP contribution in [0.4, 0.5) is 16.2 Å². The molecule has 0 aliphatic carbocycles. The number of carbonyl (C=O) groups excluding carboxylic acids is 2. The Morgan fingerprint density at radius 2 is 1.67 bits per heavy atom. The second-order valence-electron chi connectivity index (χ2n) is 7.70. The normalized spacial score (nSPS) is 14.9. The molecule has 0 saturated carbocycles. The van der Waals surface area contributed by atoms with Crippen molar-refractivity contribution in [1.82, 2.24) is 10.2 Å². The van der Waals surface area contributed by atoms with Gasteiger partial charge in [-0.2, -0.15) is 0 Å². The number of benzene rings is 2. The van der Waals surface area contributed by atoms with Gasteiger partial charge in [0.15, 0.2) is 0 Å². The van der Waals surface area contributed by atoms with Crippen molar-refractivity contribution >= 4 is 23.3 Å². The molecule has 0 bridgehead atoms. The minimum atomic E-state index is -0.629. The van der Waals surface area contributed by atoms with E-state index >= 15 is 0 Å². The Morgan fingerprint density at radius 3 is 2.30 bits per heavy atom. The molecule has 1 heterocycles. The molecule has 0 unspecified atom stereocenters. The third-order valence-electron chi connectivity index (χ3n) is 5.25. The number of piperazine rings is 1. The summed E-state index contributed by atoms with van der Waals surface area (Å²) in [6.45, 7) is 6.60. The topological polar surface area (TPSA) is 73.9 Å². The number of rotatable bonds is 6. The lowest BCUT2D eigenvalue weighted by Gasteiger charge is -2.37. The van der Waals surface area contributed by atoms with Crippen LogP contribution in [-0.2, 0) is 4.79 Å². The molecular formula is C23H30N4O3. The fourth-order valence-electron chi connectivity index (χ4n) is 3.49. The summed E-state index contributed by atoms with van der Waals surface area (Å²) >= 11 is 0. The largest absolute Gasteiger partial charge is 0.497 e. The zero-order chi connectivity index (χ0) is 21.5. The first-order chi connectivity index (χ1) is 14.5. The lowest BCUT2D eigenvalue weighted by Crippen LogP contribution is -2.56. The molecule has 3 rings (SSSR count). The number of carbonyl (C=O) groups is 2. The summed E-state index contributed by atoms with van der Waals surface area (Å²) in [6.07, 6.45) is 0. The Kier molecular flexibility index (Phi) is 7.17. The van der Waals surface area contributed by atoms with Gasteiger partial charge in [-0.1, -0.05) is 38.1 Å². The van der Waals surface area contributed by atoms with Crippen molar-refractivity contribution in [1.29, 1.82) is 0 Å². The van der Waals surface area contributed by atoms with Crippen LogP contribution in [0.1, 0.15) is 13.8 Å². The lowest BCUT2D eigenvalue weighted by molar-refractivity contribution is -0.118. The Labute approximate surface area is 178 Å². The first-order valence-electron chi connectivity index (χ1n) is 10.3. The van der Waals surface area contributed by atoms with E-state index in [1.54, 1.807) is 24.1 Å². The highest BCUT2D eigenvalue weighted by Crippen LogP contribution is 2.18. The molecule has 2 aromatic carbocycles. The third kappa shape index (κ3) is 5.43. The number of hydrogen-bond acceptors (Lipinski definition) is 4. The maximum Gasteiger partial charge on any atom is 0.318 e. The van der Waals surface area contributed by atoms with Gasteiger partial charge in [0.05, 0.1) is 7.11 Å². The summed E-state index contributed by atoms with van der Waals surface area (Å²) in [7, 11) is 1.58. The number of urea groups is 1. The Hall–Kier alpha value is -3.22. The maximum atomic E-state index is 12.8. The molecule has 1 saturated heterocycles. The highest BCUT2D eigenvalue weighted by Gasteiger charge is 2.28. The predicted molar refractivity (Wildman–Crippen MR) is 119 cm³/mol. The van der Waals surface area contributed by atoms with E-state index in [2.05, 4.69) is 27.7 Å². The number of hydrogen-bond donors (Lipinski definition) is 2. The number of methoxy groups -OCH3 is 1. The van der Waals surface area contributed by atoms with Gasteiger partial charge in [-0.05, 0) is 30.2 Å². The van der Waals surface area contributed by atoms with Crippen molar-refractivity contribution in [2.75, 3.05) is 43.5 Å². The van der Waals surface area contributed by atoms with Gasteiger partial charge in [-0.15, -0.1) is 0 Å². The predicted octanol–water partition coefficient (Wildman–Crippen LogP) is 3.19. The standard InChI is InChI=1S/C23H30N4O3/c1-17(2)21(22(28)24-18-8-7-11-20(16-18)30-3)25-23(29)27-14-12-26(13-15-27)19-9-5-4-6-10-19/h4-11,16-17,21H,12-15H2,1-3H3,(H,24,28)(H,25,29)/t21-/m0/s1. The summed E-state index contributed by atoms with van der Waals surface area (Å²) < 4.78 is 5.20. The molecule has 2 aromatic rings. The molecule has 7 heteroatoms. The van der Waals surface area contributed by atoms with Crippen LogP contribution in [-0.4, -0.2) is 56.2 Å². The van der Waals surface area contributed by atoms with E-state index in [-0.39, 0.29) is 17.9 Å². The minimum Gasteiger partial charge on any atom is -0.497 e. The maximum absolute atomic E-state index is 12.8. The van der Waals surface area contributed by atoms with Gasteiger partial charge < -0.3 is 25.2 Å². The van der Waals surface area contributed by atoms with Gasteiger partial charge in [0.1, 0.15) is 11.8 Å². The zero-order valence-electron chi connectivity index (χ0n) is 17.8. The van der Waals surface area contributed by atoms with Gasteiger partial charge in [0.25, 0.3) is 0 Å². The summed E-state index contributed by atoms with van der Waals surface area (Å²) in [6, 6.07) is 16.5. The first-order valence-corrected chi connectivity index (χ1v) is 10.3. The van der Waals surface area contributed by atoms with Gasteiger partial charge in [-0.25, -0.2) is 4.79 Å². The Bertz CT molecular complexity index is 849. The molecular weight excluding hydrogens is 380 g/mol. The molecule has 0 aromatic heterocycles. The van der Waals surface area contributed by atoms with Crippen molar-refractivity contribution in [3.8, 4) is 5.75 Å². The van der Waals surface area contributed by atoms with Crippen LogP contribution in [0.3, 0.4) is 0 Å². The molecule has 2 N–H and O–H groups in total. The fraction of sp³-hybridized carbons (Fsp3) is 0.391. The molecule has 7 nitrogen and oxygen atoms in total. The highest BCUT2D eigenvalue weighted by molar-refractivity contribution is 5.97. The van der Waals surface area contributed by atoms with Gasteiger partial charge in [0.2, 0.25) is 5.91 Å². The summed E-state index contributed by atoms with van der Waals surface area (Å²) in [5, 5.41) is 5.79. The summed E-state index contributed by atoms with van der Waals surface area (Å²) in [4.78, 5) is 29.7. The van der Waals surface area contributed by atoms with Crippen LogP contribution in [0.15, 0.2) is 54.6 Å². The Balaban J connectivity index is 1.57. The molecule has 160 valence electrons. The van der Waals surface area contributed by atoms with Crippen LogP contribution >= 0.6 is 0 Å². The van der Waals surface area contributed by atoms with E-state index in [1.807, 2.05) is 44.2 Å². The number of amides is 3. The van der Waals surface area contributed by atoms with E-state index in [0.29, 0.717) is 24.5 Å². The monoisotopic (exact) mass is 410 g/mol.